The summed E-state index contributed by atoms with van der Waals surface area (Å²) in [5.41, 5.74) is 2.04. The van der Waals surface area contributed by atoms with E-state index in [0.29, 0.717) is 42.7 Å². The third-order valence-corrected chi connectivity index (χ3v) is 9.00. The molecule has 0 bridgehead atoms. The Hall–Kier alpha value is -2.95. The molecule has 0 spiro atoms. The van der Waals surface area contributed by atoms with E-state index in [1.165, 1.54) is 17.4 Å². The average Bonchev–Trinajstić information content (AvgIpc) is 3.07. The first-order valence-corrected chi connectivity index (χ1v) is 14.6. The number of fused-ring (bicyclic) bond motifs is 1. The van der Waals surface area contributed by atoms with Crippen molar-refractivity contribution >= 4 is 32.3 Å². The van der Waals surface area contributed by atoms with Gasteiger partial charge < -0.3 is 14.8 Å². The summed E-state index contributed by atoms with van der Waals surface area (Å²) < 4.78 is 39.2. The summed E-state index contributed by atoms with van der Waals surface area (Å²) in [6, 6.07) is 12.1. The maximum absolute atomic E-state index is 13.1. The minimum atomic E-state index is -3.61. The Morgan fingerprint density at radius 3 is 2.56 bits per heavy atom. The number of hydrogen-bond acceptors (Lipinski definition) is 8. The molecule has 5 rings (SSSR count). The fraction of sp³-hybridized carbons (Fsp3) is 0.385. The van der Waals surface area contributed by atoms with E-state index in [0.717, 1.165) is 49.1 Å². The van der Waals surface area contributed by atoms with Gasteiger partial charge in [-0.3, -0.25) is 4.79 Å². The second-order valence-corrected chi connectivity index (χ2v) is 11.7. The Balaban J connectivity index is 1.24. The molecule has 1 aromatic heterocycles. The van der Waals surface area contributed by atoms with E-state index in [1.54, 1.807) is 22.5 Å². The number of nitrogens with zero attached hydrogens (tertiary/aromatic N) is 2. The lowest BCUT2D eigenvalue weighted by Crippen LogP contribution is -2.32. The Kier molecular flexibility index (Phi) is 7.54. The van der Waals surface area contributed by atoms with Crippen LogP contribution in [0.25, 0.3) is 11.3 Å². The zero-order chi connectivity index (χ0) is 25.0. The van der Waals surface area contributed by atoms with E-state index in [2.05, 4.69) is 10.3 Å². The standard InChI is InChI=1S/C26H29N3O5S2/c30-23(20-7-5-8-21(15-20)36(31,32)29-11-3-1-2-4-12-29)17-27-26-28-22(18-35-26)19-9-10-24-25(16-19)34-14-6-13-33-24/h5,7-10,15-16,18H,1-4,6,11-14,17H2,(H,27,28). The normalized spacial score (nSPS) is 16.7. The first-order valence-electron chi connectivity index (χ1n) is 12.2. The Morgan fingerprint density at radius 1 is 0.972 bits per heavy atom. The molecule has 0 saturated carbocycles. The Morgan fingerprint density at radius 2 is 1.75 bits per heavy atom. The molecule has 3 aromatic rings. The highest BCUT2D eigenvalue weighted by molar-refractivity contribution is 7.89. The molecule has 10 heteroatoms. The zero-order valence-corrected chi connectivity index (χ0v) is 21.6. The van der Waals surface area contributed by atoms with Crippen molar-refractivity contribution in [1.82, 2.24) is 9.29 Å². The monoisotopic (exact) mass is 527 g/mol. The van der Waals surface area contributed by atoms with E-state index in [1.807, 2.05) is 23.6 Å². The summed E-state index contributed by atoms with van der Waals surface area (Å²) in [4.78, 5) is 17.6. The predicted molar refractivity (Wildman–Crippen MR) is 140 cm³/mol. The molecule has 1 N–H and O–H groups in total. The number of benzene rings is 2. The van der Waals surface area contributed by atoms with Crippen LogP contribution in [0, 0.1) is 0 Å². The highest BCUT2D eigenvalue weighted by Crippen LogP contribution is 2.35. The second-order valence-electron chi connectivity index (χ2n) is 8.87. The van der Waals surface area contributed by atoms with Gasteiger partial charge in [-0.05, 0) is 43.2 Å². The van der Waals surface area contributed by atoms with Gasteiger partial charge in [0, 0.05) is 36.0 Å². The minimum absolute atomic E-state index is 0.0152. The number of carbonyl (C=O) groups is 1. The number of ketones is 1. The highest BCUT2D eigenvalue weighted by atomic mass is 32.2. The van der Waals surface area contributed by atoms with Crippen LogP contribution in [0.15, 0.2) is 52.7 Å². The molecular weight excluding hydrogens is 498 g/mol. The van der Waals surface area contributed by atoms with Gasteiger partial charge in [-0.15, -0.1) is 11.3 Å². The number of hydrogen-bond donors (Lipinski definition) is 1. The lowest BCUT2D eigenvalue weighted by molar-refractivity contribution is 0.101. The van der Waals surface area contributed by atoms with Gasteiger partial charge >= 0.3 is 0 Å². The van der Waals surface area contributed by atoms with E-state index in [-0.39, 0.29) is 17.2 Å². The van der Waals surface area contributed by atoms with E-state index >= 15 is 0 Å². The van der Waals surface area contributed by atoms with Crippen LogP contribution in [0.3, 0.4) is 0 Å². The van der Waals surface area contributed by atoms with Crippen LogP contribution in [0.1, 0.15) is 42.5 Å². The molecule has 36 heavy (non-hydrogen) atoms. The molecule has 190 valence electrons. The van der Waals surface area contributed by atoms with Crippen LogP contribution in [-0.4, -0.2) is 56.3 Å². The topological polar surface area (TPSA) is 97.8 Å². The number of ether oxygens (including phenoxy) is 2. The largest absolute Gasteiger partial charge is 0.490 e. The highest BCUT2D eigenvalue weighted by Gasteiger charge is 2.26. The van der Waals surface area contributed by atoms with Gasteiger partial charge in [0.05, 0.1) is 30.3 Å². The van der Waals surface area contributed by atoms with Crippen LogP contribution in [-0.2, 0) is 10.0 Å². The van der Waals surface area contributed by atoms with Crippen molar-refractivity contribution in [2.75, 3.05) is 38.2 Å². The van der Waals surface area contributed by atoms with Gasteiger partial charge in [0.15, 0.2) is 22.4 Å². The smallest absolute Gasteiger partial charge is 0.243 e. The van der Waals surface area contributed by atoms with Crippen molar-refractivity contribution in [1.29, 1.82) is 0 Å². The molecule has 0 radical (unpaired) electrons. The number of aromatic nitrogens is 1. The van der Waals surface area contributed by atoms with E-state index in [9.17, 15) is 13.2 Å². The molecule has 1 saturated heterocycles. The van der Waals surface area contributed by atoms with Crippen LogP contribution < -0.4 is 14.8 Å². The van der Waals surface area contributed by atoms with Crippen LogP contribution >= 0.6 is 11.3 Å². The lowest BCUT2D eigenvalue weighted by Gasteiger charge is -2.20. The third kappa shape index (κ3) is 5.55. The van der Waals surface area contributed by atoms with Crippen molar-refractivity contribution in [2.24, 2.45) is 0 Å². The zero-order valence-electron chi connectivity index (χ0n) is 19.9. The average molecular weight is 528 g/mol. The van der Waals surface area contributed by atoms with Gasteiger partial charge in [-0.2, -0.15) is 4.31 Å². The first-order chi connectivity index (χ1) is 17.5. The Labute approximate surface area is 215 Å². The maximum Gasteiger partial charge on any atom is 0.243 e. The van der Waals surface area contributed by atoms with Crippen LogP contribution in [0.5, 0.6) is 11.5 Å². The summed E-state index contributed by atoms with van der Waals surface area (Å²) in [6.45, 7) is 2.32. The molecule has 2 aliphatic heterocycles. The van der Waals surface area contributed by atoms with Crippen LogP contribution in [0.4, 0.5) is 5.13 Å². The first kappa shape index (κ1) is 24.7. The molecule has 0 aliphatic carbocycles. The molecule has 0 atom stereocenters. The summed E-state index contributed by atoms with van der Waals surface area (Å²) in [6.07, 6.45) is 4.66. The second kappa shape index (κ2) is 11.0. The lowest BCUT2D eigenvalue weighted by atomic mass is 10.1. The number of rotatable bonds is 7. The summed E-state index contributed by atoms with van der Waals surface area (Å²) in [7, 11) is -3.61. The van der Waals surface area contributed by atoms with Crippen molar-refractivity contribution in [2.45, 2.75) is 37.0 Å². The third-order valence-electron chi connectivity index (χ3n) is 6.31. The fourth-order valence-electron chi connectivity index (χ4n) is 4.33. The van der Waals surface area contributed by atoms with Gasteiger partial charge in [0.1, 0.15) is 0 Å². The van der Waals surface area contributed by atoms with Gasteiger partial charge in [0.2, 0.25) is 10.0 Å². The summed E-state index contributed by atoms with van der Waals surface area (Å²) >= 11 is 1.40. The Bertz CT molecular complexity index is 1330. The number of nitrogens with one attached hydrogen (secondary N) is 1. The molecule has 3 heterocycles. The fourth-order valence-corrected chi connectivity index (χ4v) is 6.61. The van der Waals surface area contributed by atoms with Gasteiger partial charge in [0.25, 0.3) is 0 Å². The summed E-state index contributed by atoms with van der Waals surface area (Å²) in [5.74, 6) is 1.24. The minimum Gasteiger partial charge on any atom is -0.490 e. The van der Waals surface area contributed by atoms with Crippen molar-refractivity contribution in [3.8, 4) is 22.8 Å². The predicted octanol–water partition coefficient (Wildman–Crippen LogP) is 4.83. The molecule has 2 aliphatic rings. The maximum atomic E-state index is 13.1. The molecule has 2 aromatic carbocycles. The molecule has 0 unspecified atom stereocenters. The van der Waals surface area contributed by atoms with Gasteiger partial charge in [-0.25, -0.2) is 13.4 Å². The molecule has 0 amide bonds. The van der Waals surface area contributed by atoms with Gasteiger partial charge in [-0.1, -0.05) is 25.0 Å². The summed E-state index contributed by atoms with van der Waals surface area (Å²) in [5, 5.41) is 5.60. The number of carbonyl (C=O) groups excluding carboxylic acids is 1. The quantitative estimate of drug-likeness (QED) is 0.440. The number of anilines is 1. The number of sulfonamides is 1. The molecule has 8 nitrogen and oxygen atoms in total. The molecular formula is C26H29N3O5S2. The molecule has 1 fully saturated rings. The van der Waals surface area contributed by atoms with E-state index < -0.39 is 10.0 Å². The van der Waals surface area contributed by atoms with Crippen molar-refractivity contribution < 1.29 is 22.7 Å². The van der Waals surface area contributed by atoms with Crippen LogP contribution in [0.2, 0.25) is 0 Å². The van der Waals surface area contributed by atoms with E-state index in [4.69, 9.17) is 9.47 Å². The van der Waals surface area contributed by atoms with Crippen molar-refractivity contribution in [3.63, 3.8) is 0 Å². The number of thiazole rings is 1. The number of Topliss-reactive ketones (excluding diaryl/α,β-unsaturated/α-hetero) is 1. The van der Waals surface area contributed by atoms with Crippen molar-refractivity contribution in [3.05, 3.63) is 53.4 Å². The SMILES string of the molecule is O=C(CNc1nc(-c2ccc3c(c2)OCCCO3)cs1)c1cccc(S(=O)(=O)N2CCCCCC2)c1.